The first-order valence-electron chi connectivity index (χ1n) is 14.5. The highest BCUT2D eigenvalue weighted by molar-refractivity contribution is 5.74. The molecule has 0 radical (unpaired) electrons. The number of carbonyl (C=O) groups excluding carboxylic acids is 2. The van der Waals surface area contributed by atoms with E-state index in [-0.39, 0.29) is 12.1 Å². The molecule has 0 saturated heterocycles. The molecule has 7 nitrogen and oxygen atoms in total. The normalized spacial score (nSPS) is 26.4. The van der Waals surface area contributed by atoms with Gasteiger partial charge in [-0.3, -0.25) is 4.98 Å². The lowest BCUT2D eigenvalue weighted by Gasteiger charge is -2.37. The van der Waals surface area contributed by atoms with Gasteiger partial charge in [-0.2, -0.15) is 0 Å². The molecular weight excluding hydrogens is 464 g/mol. The van der Waals surface area contributed by atoms with Crippen LogP contribution in [0.25, 0.3) is 0 Å². The van der Waals surface area contributed by atoms with Gasteiger partial charge in [-0.05, 0) is 113 Å². The third kappa shape index (κ3) is 7.61. The molecule has 1 heterocycles. The number of rotatable bonds is 10. The molecule has 7 heteroatoms. The first kappa shape index (κ1) is 27.7. The van der Waals surface area contributed by atoms with E-state index in [1.165, 1.54) is 50.5 Å². The predicted molar refractivity (Wildman–Crippen MR) is 146 cm³/mol. The Balaban J connectivity index is 1.34. The molecule has 3 aliphatic carbocycles. The summed E-state index contributed by atoms with van der Waals surface area (Å²) in [5.41, 5.74) is 1.11. The van der Waals surface area contributed by atoms with E-state index in [2.05, 4.69) is 10.3 Å². The Morgan fingerprint density at radius 3 is 2.62 bits per heavy atom. The summed E-state index contributed by atoms with van der Waals surface area (Å²) in [5, 5.41) is 3.16. The van der Waals surface area contributed by atoms with Gasteiger partial charge in [0.25, 0.3) is 0 Å². The van der Waals surface area contributed by atoms with Gasteiger partial charge in [-0.1, -0.05) is 12.8 Å². The molecule has 0 aliphatic heterocycles. The van der Waals surface area contributed by atoms with Crippen LogP contribution in [-0.4, -0.2) is 65.7 Å². The number of nitrogens with zero attached hydrogens (tertiary/aromatic N) is 3. The summed E-state index contributed by atoms with van der Waals surface area (Å²) in [5.74, 6) is 2.68. The van der Waals surface area contributed by atoms with Crippen molar-refractivity contribution in [3.63, 3.8) is 0 Å². The minimum atomic E-state index is -0.534. The Morgan fingerprint density at radius 2 is 1.86 bits per heavy atom. The van der Waals surface area contributed by atoms with Crippen LogP contribution in [0.15, 0.2) is 24.5 Å². The zero-order chi connectivity index (χ0) is 26.5. The number of carbonyl (C=O) groups is 2. The monoisotopic (exact) mass is 512 g/mol. The van der Waals surface area contributed by atoms with Crippen molar-refractivity contribution in [3.8, 4) is 0 Å². The molecule has 3 bridgehead atoms. The molecule has 3 unspecified atom stereocenters. The van der Waals surface area contributed by atoms with Crippen molar-refractivity contribution in [3.05, 3.63) is 30.1 Å². The van der Waals surface area contributed by atoms with E-state index in [1.807, 2.05) is 50.2 Å². The smallest absolute Gasteiger partial charge is 0.410 e. The van der Waals surface area contributed by atoms with Crippen LogP contribution in [0.2, 0.25) is 0 Å². The van der Waals surface area contributed by atoms with Crippen LogP contribution < -0.4 is 5.32 Å². The van der Waals surface area contributed by atoms with Crippen LogP contribution in [0.3, 0.4) is 0 Å². The van der Waals surface area contributed by atoms with Crippen LogP contribution in [0, 0.1) is 23.2 Å². The summed E-state index contributed by atoms with van der Waals surface area (Å²) in [6.07, 6.45) is 15.8. The van der Waals surface area contributed by atoms with Gasteiger partial charge in [0.05, 0.1) is 0 Å². The molecule has 3 fully saturated rings. The second-order valence-electron chi connectivity index (χ2n) is 12.9. The molecule has 0 aromatic carbocycles. The van der Waals surface area contributed by atoms with Crippen molar-refractivity contribution in [1.82, 2.24) is 20.1 Å². The largest absolute Gasteiger partial charge is 0.444 e. The molecule has 1 aromatic rings. The molecular formula is C30H48N4O3. The zero-order valence-corrected chi connectivity index (χ0v) is 23.5. The Kier molecular flexibility index (Phi) is 9.02. The Labute approximate surface area is 223 Å². The van der Waals surface area contributed by atoms with Crippen molar-refractivity contribution >= 4 is 12.1 Å². The summed E-state index contributed by atoms with van der Waals surface area (Å²) in [7, 11) is 1.75. The van der Waals surface area contributed by atoms with Crippen LogP contribution in [0.1, 0.15) is 84.1 Å². The molecule has 1 aromatic heterocycles. The van der Waals surface area contributed by atoms with Gasteiger partial charge in [0.2, 0.25) is 0 Å². The third-order valence-corrected chi connectivity index (χ3v) is 9.00. The van der Waals surface area contributed by atoms with E-state index < -0.39 is 5.60 Å². The number of ether oxygens (including phenoxy) is 1. The van der Waals surface area contributed by atoms with Gasteiger partial charge in [-0.15, -0.1) is 0 Å². The number of amides is 3. The molecule has 4 atom stereocenters. The average Bonchev–Trinajstić information content (AvgIpc) is 3.02. The number of hydrogen-bond donors (Lipinski definition) is 1. The number of hydrogen-bond acceptors (Lipinski definition) is 4. The fourth-order valence-corrected chi connectivity index (χ4v) is 7.21. The lowest BCUT2D eigenvalue weighted by atomic mass is 9.71. The van der Waals surface area contributed by atoms with Crippen LogP contribution in [-0.2, 0) is 11.2 Å². The van der Waals surface area contributed by atoms with E-state index in [0.29, 0.717) is 25.0 Å². The van der Waals surface area contributed by atoms with Gasteiger partial charge < -0.3 is 19.9 Å². The van der Waals surface area contributed by atoms with E-state index in [0.717, 1.165) is 43.6 Å². The highest BCUT2D eigenvalue weighted by atomic mass is 16.6. The fraction of sp³-hybridized carbons (Fsp3) is 0.767. The number of pyridine rings is 1. The zero-order valence-electron chi connectivity index (χ0n) is 23.5. The second kappa shape index (κ2) is 12.0. The average molecular weight is 513 g/mol. The maximum atomic E-state index is 13.3. The number of likely N-dealkylation sites (N-methyl/N-ethyl adjacent to an activating group) is 1. The molecule has 3 saturated carbocycles. The van der Waals surface area contributed by atoms with Crippen LogP contribution in [0.4, 0.5) is 9.59 Å². The molecule has 4 rings (SSSR count). The first-order chi connectivity index (χ1) is 17.6. The molecule has 206 valence electrons. The van der Waals surface area contributed by atoms with Gasteiger partial charge in [-0.25, -0.2) is 9.59 Å². The van der Waals surface area contributed by atoms with Crippen molar-refractivity contribution < 1.29 is 14.3 Å². The number of aromatic nitrogens is 1. The van der Waals surface area contributed by atoms with Crippen molar-refractivity contribution in [2.24, 2.45) is 23.2 Å². The first-order valence-corrected chi connectivity index (χ1v) is 14.5. The Hall–Kier alpha value is -2.31. The minimum Gasteiger partial charge on any atom is -0.444 e. The Bertz CT molecular complexity index is 902. The summed E-state index contributed by atoms with van der Waals surface area (Å²) in [6, 6.07) is 4.03. The quantitative estimate of drug-likeness (QED) is 0.397. The van der Waals surface area contributed by atoms with Crippen molar-refractivity contribution in [1.29, 1.82) is 0 Å². The number of nitrogens with one attached hydrogen (secondary N) is 1. The van der Waals surface area contributed by atoms with E-state index in [1.54, 1.807) is 11.9 Å². The van der Waals surface area contributed by atoms with E-state index in [4.69, 9.17) is 4.74 Å². The highest BCUT2D eigenvalue weighted by Crippen LogP contribution is 2.61. The SMILES string of the molecule is CN(CCN(CCC12CCCC3CC(C[C@@H]1C3)C2)C(=O)NCCCc1ccncc1)C(=O)OC(C)(C)C. The number of aryl methyl sites for hydroxylation is 1. The summed E-state index contributed by atoms with van der Waals surface area (Å²) < 4.78 is 5.52. The summed E-state index contributed by atoms with van der Waals surface area (Å²) >= 11 is 0. The Morgan fingerprint density at radius 1 is 1.11 bits per heavy atom. The molecule has 37 heavy (non-hydrogen) atoms. The van der Waals surface area contributed by atoms with Gasteiger partial charge >= 0.3 is 12.1 Å². The van der Waals surface area contributed by atoms with Crippen LogP contribution >= 0.6 is 0 Å². The topological polar surface area (TPSA) is 74.8 Å². The van der Waals surface area contributed by atoms with Gasteiger partial charge in [0.15, 0.2) is 0 Å². The predicted octanol–water partition coefficient (Wildman–Crippen LogP) is 5.89. The summed E-state index contributed by atoms with van der Waals surface area (Å²) in [6.45, 7) is 7.99. The molecule has 3 amide bonds. The summed E-state index contributed by atoms with van der Waals surface area (Å²) in [4.78, 5) is 33.5. The maximum absolute atomic E-state index is 13.3. The lowest BCUT2D eigenvalue weighted by molar-refractivity contribution is 0.0284. The van der Waals surface area contributed by atoms with Gasteiger partial charge in [0.1, 0.15) is 5.60 Å². The minimum absolute atomic E-state index is 0.0174. The fourth-order valence-electron chi connectivity index (χ4n) is 7.21. The molecule has 1 N–H and O–H groups in total. The van der Waals surface area contributed by atoms with Gasteiger partial charge in [0, 0.05) is 45.6 Å². The third-order valence-electron chi connectivity index (χ3n) is 9.00. The number of urea groups is 1. The van der Waals surface area contributed by atoms with E-state index >= 15 is 0 Å². The van der Waals surface area contributed by atoms with E-state index in [9.17, 15) is 9.59 Å². The highest BCUT2D eigenvalue weighted by Gasteiger charge is 2.51. The molecule has 0 spiro atoms. The lowest BCUT2D eigenvalue weighted by Crippen LogP contribution is -2.46. The van der Waals surface area contributed by atoms with Crippen molar-refractivity contribution in [2.45, 2.75) is 90.6 Å². The second-order valence-corrected chi connectivity index (χ2v) is 12.9. The number of fused-ring (bicyclic) bond motifs is 2. The van der Waals surface area contributed by atoms with Crippen LogP contribution in [0.5, 0.6) is 0 Å². The maximum Gasteiger partial charge on any atom is 0.410 e. The van der Waals surface area contributed by atoms with Crippen molar-refractivity contribution in [2.75, 3.05) is 33.2 Å². The molecule has 3 aliphatic rings. The standard InChI is InChI=1S/C30H48N4O3/c1-29(2,3)37-28(36)33(4)17-18-34(27(35)32-13-6-8-23-9-14-31-15-10-23)16-12-30-11-5-7-24-19-25(22-30)21-26(30)20-24/h9-10,14-15,24-26H,5-8,11-13,16-22H2,1-4H3,(H,32,35)/t24?,25?,26-,30?/m0/s1.